The third-order valence-electron chi connectivity index (χ3n) is 3.93. The van der Waals surface area contributed by atoms with Crippen molar-refractivity contribution in [1.29, 1.82) is 0 Å². The first-order valence-corrected chi connectivity index (χ1v) is 7.66. The Hall–Kier alpha value is -1.29. The van der Waals surface area contributed by atoms with Crippen molar-refractivity contribution in [3.63, 3.8) is 0 Å². The van der Waals surface area contributed by atoms with E-state index in [1.165, 1.54) is 0 Å². The Bertz CT molecular complexity index is 414. The highest BCUT2D eigenvalue weighted by molar-refractivity contribution is 5.79. The van der Waals surface area contributed by atoms with Gasteiger partial charge in [-0.05, 0) is 52.2 Å². The molecule has 1 aromatic heterocycles. The number of hydrogen-bond acceptors (Lipinski definition) is 3. The maximum Gasteiger partial charge on any atom is 0.223 e. The van der Waals surface area contributed by atoms with Gasteiger partial charge in [-0.3, -0.25) is 4.79 Å². The van der Waals surface area contributed by atoms with Gasteiger partial charge in [-0.2, -0.15) is 0 Å². The molecular formula is C16H26N2O2. The zero-order valence-electron chi connectivity index (χ0n) is 12.7. The number of amides is 1. The monoisotopic (exact) mass is 278 g/mol. The van der Waals surface area contributed by atoms with E-state index < -0.39 is 0 Å². The molecule has 2 rings (SSSR count). The predicted molar refractivity (Wildman–Crippen MR) is 79.3 cm³/mol. The van der Waals surface area contributed by atoms with Gasteiger partial charge in [0.25, 0.3) is 0 Å². The Balaban J connectivity index is 1.85. The second-order valence-electron chi connectivity index (χ2n) is 6.13. The molecule has 1 fully saturated rings. The van der Waals surface area contributed by atoms with Gasteiger partial charge in [0.1, 0.15) is 5.76 Å². The first-order chi connectivity index (χ1) is 9.56. The van der Waals surface area contributed by atoms with Gasteiger partial charge in [-0.1, -0.05) is 6.42 Å². The molecule has 3 unspecified atom stereocenters. The van der Waals surface area contributed by atoms with Crippen LogP contribution in [0.4, 0.5) is 0 Å². The summed E-state index contributed by atoms with van der Waals surface area (Å²) in [5.74, 6) is 1.31. The molecule has 1 amide bonds. The number of carbonyl (C=O) groups excluding carboxylic acids is 1. The van der Waals surface area contributed by atoms with Crippen molar-refractivity contribution in [2.45, 2.75) is 64.6 Å². The normalized spacial score (nSPS) is 24.6. The molecule has 1 aliphatic rings. The largest absolute Gasteiger partial charge is 0.468 e. The van der Waals surface area contributed by atoms with Gasteiger partial charge in [0.2, 0.25) is 5.91 Å². The summed E-state index contributed by atoms with van der Waals surface area (Å²) in [5, 5.41) is 6.61. The van der Waals surface area contributed by atoms with Crippen molar-refractivity contribution in [2.24, 2.45) is 5.92 Å². The van der Waals surface area contributed by atoms with E-state index in [1.807, 2.05) is 26.0 Å². The molecule has 1 saturated carbocycles. The minimum Gasteiger partial charge on any atom is -0.468 e. The topological polar surface area (TPSA) is 54.3 Å². The van der Waals surface area contributed by atoms with Gasteiger partial charge in [0.05, 0.1) is 12.3 Å². The van der Waals surface area contributed by atoms with Crippen molar-refractivity contribution in [3.05, 3.63) is 24.2 Å². The maximum absolute atomic E-state index is 12.1. The Kier molecular flexibility index (Phi) is 5.24. The molecule has 0 spiro atoms. The molecule has 0 radical (unpaired) electrons. The van der Waals surface area contributed by atoms with Crippen LogP contribution in [0.25, 0.3) is 0 Å². The quantitative estimate of drug-likeness (QED) is 0.870. The van der Waals surface area contributed by atoms with E-state index in [1.54, 1.807) is 6.26 Å². The number of hydrogen-bond donors (Lipinski definition) is 2. The lowest BCUT2D eigenvalue weighted by Gasteiger charge is -2.31. The summed E-state index contributed by atoms with van der Waals surface area (Å²) in [5.41, 5.74) is 0. The summed E-state index contributed by atoms with van der Waals surface area (Å²) in [6.07, 6.45) is 5.87. The summed E-state index contributed by atoms with van der Waals surface area (Å²) < 4.78 is 5.42. The minimum absolute atomic E-state index is 0.146. The average molecular weight is 278 g/mol. The zero-order chi connectivity index (χ0) is 14.5. The Morgan fingerprint density at radius 3 is 2.80 bits per heavy atom. The van der Waals surface area contributed by atoms with Crippen LogP contribution >= 0.6 is 0 Å². The molecule has 1 heterocycles. The van der Waals surface area contributed by atoms with Crippen molar-refractivity contribution in [3.8, 4) is 0 Å². The molecule has 0 aromatic carbocycles. The Labute approximate surface area is 121 Å². The standard InChI is InChI=1S/C16H26N2O2/c1-11(2)17-16(19)13-6-4-7-14(10-13)18-12(3)15-8-5-9-20-15/h5,8-9,11-14,18H,4,6-7,10H2,1-3H3,(H,17,19). The first kappa shape index (κ1) is 15.1. The van der Waals surface area contributed by atoms with Gasteiger partial charge in [0.15, 0.2) is 0 Å². The molecule has 4 heteroatoms. The lowest BCUT2D eigenvalue weighted by atomic mass is 9.84. The van der Waals surface area contributed by atoms with Crippen LogP contribution in [-0.4, -0.2) is 18.0 Å². The van der Waals surface area contributed by atoms with Crippen LogP contribution < -0.4 is 10.6 Å². The second kappa shape index (κ2) is 6.93. The van der Waals surface area contributed by atoms with E-state index in [9.17, 15) is 4.79 Å². The Morgan fingerprint density at radius 2 is 2.15 bits per heavy atom. The van der Waals surface area contributed by atoms with Crippen LogP contribution in [0.3, 0.4) is 0 Å². The molecule has 0 aliphatic heterocycles. The van der Waals surface area contributed by atoms with Gasteiger partial charge in [-0.25, -0.2) is 0 Å². The highest BCUT2D eigenvalue weighted by atomic mass is 16.3. The lowest BCUT2D eigenvalue weighted by Crippen LogP contribution is -2.42. The highest BCUT2D eigenvalue weighted by Crippen LogP contribution is 2.26. The lowest BCUT2D eigenvalue weighted by molar-refractivity contribution is -0.126. The fraction of sp³-hybridized carbons (Fsp3) is 0.688. The van der Waals surface area contributed by atoms with Crippen molar-refractivity contribution in [1.82, 2.24) is 10.6 Å². The van der Waals surface area contributed by atoms with Crippen LogP contribution in [0.1, 0.15) is 58.3 Å². The molecule has 20 heavy (non-hydrogen) atoms. The molecule has 112 valence electrons. The molecule has 3 atom stereocenters. The molecule has 1 aliphatic carbocycles. The Morgan fingerprint density at radius 1 is 1.35 bits per heavy atom. The number of furan rings is 1. The third-order valence-corrected chi connectivity index (χ3v) is 3.93. The first-order valence-electron chi connectivity index (χ1n) is 7.66. The summed E-state index contributed by atoms with van der Waals surface area (Å²) in [6.45, 7) is 6.13. The second-order valence-corrected chi connectivity index (χ2v) is 6.13. The fourth-order valence-electron chi connectivity index (χ4n) is 2.96. The summed E-state index contributed by atoms with van der Waals surface area (Å²) in [7, 11) is 0. The van der Waals surface area contributed by atoms with Gasteiger partial charge < -0.3 is 15.1 Å². The molecule has 0 bridgehead atoms. The van der Waals surface area contributed by atoms with Gasteiger partial charge in [0, 0.05) is 18.0 Å². The van der Waals surface area contributed by atoms with Crippen molar-refractivity contribution in [2.75, 3.05) is 0 Å². The van der Waals surface area contributed by atoms with Crippen LogP contribution in [0.15, 0.2) is 22.8 Å². The third kappa shape index (κ3) is 4.10. The van der Waals surface area contributed by atoms with E-state index in [0.717, 1.165) is 31.4 Å². The molecular weight excluding hydrogens is 252 g/mol. The predicted octanol–water partition coefficient (Wildman–Crippen LogP) is 3.01. The van der Waals surface area contributed by atoms with E-state index >= 15 is 0 Å². The minimum atomic E-state index is 0.146. The molecule has 2 N–H and O–H groups in total. The van der Waals surface area contributed by atoms with Crippen molar-refractivity contribution >= 4 is 5.91 Å². The van der Waals surface area contributed by atoms with Crippen LogP contribution in [0.2, 0.25) is 0 Å². The number of nitrogens with one attached hydrogen (secondary N) is 2. The number of rotatable bonds is 5. The fourth-order valence-corrected chi connectivity index (χ4v) is 2.96. The van der Waals surface area contributed by atoms with Crippen LogP contribution in [-0.2, 0) is 4.79 Å². The highest BCUT2D eigenvalue weighted by Gasteiger charge is 2.28. The number of carbonyl (C=O) groups is 1. The van der Waals surface area contributed by atoms with Crippen LogP contribution in [0, 0.1) is 5.92 Å². The van der Waals surface area contributed by atoms with E-state index in [4.69, 9.17) is 4.42 Å². The molecule has 4 nitrogen and oxygen atoms in total. The van der Waals surface area contributed by atoms with Gasteiger partial charge >= 0.3 is 0 Å². The van der Waals surface area contributed by atoms with E-state index in [0.29, 0.717) is 6.04 Å². The van der Waals surface area contributed by atoms with Crippen LogP contribution in [0.5, 0.6) is 0 Å². The SMILES string of the molecule is CC(C)NC(=O)C1CCCC(NC(C)c2ccco2)C1. The smallest absolute Gasteiger partial charge is 0.223 e. The van der Waals surface area contributed by atoms with E-state index in [-0.39, 0.29) is 23.9 Å². The summed E-state index contributed by atoms with van der Waals surface area (Å²) >= 11 is 0. The van der Waals surface area contributed by atoms with Gasteiger partial charge in [-0.15, -0.1) is 0 Å². The van der Waals surface area contributed by atoms with Crippen molar-refractivity contribution < 1.29 is 9.21 Å². The molecule has 0 saturated heterocycles. The van der Waals surface area contributed by atoms with E-state index in [2.05, 4.69) is 17.6 Å². The average Bonchev–Trinajstić information content (AvgIpc) is 2.92. The maximum atomic E-state index is 12.1. The summed E-state index contributed by atoms with van der Waals surface area (Å²) in [4.78, 5) is 12.1. The molecule has 1 aromatic rings. The zero-order valence-corrected chi connectivity index (χ0v) is 12.7. The summed E-state index contributed by atoms with van der Waals surface area (Å²) in [6, 6.07) is 4.71.